The fraction of sp³-hybridized carbons (Fsp3) is 0.222. The highest BCUT2D eigenvalue weighted by atomic mass is 15.1. The molecular weight excluding hydrogens is 300 g/mol. The molecule has 0 spiro atoms. The molecule has 0 aliphatic rings. The van der Waals surface area contributed by atoms with Crippen molar-refractivity contribution in [3.63, 3.8) is 0 Å². The number of nitrogen functional groups attached to an aromatic ring is 1. The van der Waals surface area contributed by atoms with E-state index >= 15 is 0 Å². The zero-order chi connectivity index (χ0) is 16.7. The summed E-state index contributed by atoms with van der Waals surface area (Å²) in [5.74, 6) is 0.728. The van der Waals surface area contributed by atoms with Crippen LogP contribution >= 0.6 is 0 Å². The molecule has 0 aliphatic carbocycles. The van der Waals surface area contributed by atoms with Crippen LogP contribution in [0.5, 0.6) is 0 Å². The second-order valence-corrected chi connectivity index (χ2v) is 5.80. The largest absolute Gasteiger partial charge is 0.398 e. The monoisotopic (exact) mass is 320 g/mol. The Morgan fingerprint density at radius 1 is 1.08 bits per heavy atom. The molecule has 6 heteroatoms. The normalized spacial score (nSPS) is 11.4. The van der Waals surface area contributed by atoms with Crippen molar-refractivity contribution in [2.24, 2.45) is 0 Å². The predicted octanol–water partition coefficient (Wildman–Crippen LogP) is 3.53. The number of nitrogens with zero attached hydrogens (tertiary/aromatic N) is 3. The maximum atomic E-state index is 6.12. The van der Waals surface area contributed by atoms with E-state index in [4.69, 9.17) is 5.73 Å². The van der Waals surface area contributed by atoms with Crippen molar-refractivity contribution in [1.29, 1.82) is 0 Å². The Balaban J connectivity index is 1.85. The van der Waals surface area contributed by atoms with Gasteiger partial charge in [0.15, 0.2) is 5.82 Å². The number of rotatable bonds is 4. The van der Waals surface area contributed by atoms with E-state index in [0.717, 1.165) is 46.5 Å². The zero-order valence-electron chi connectivity index (χ0n) is 13.8. The Morgan fingerprint density at radius 3 is 2.71 bits per heavy atom. The van der Waals surface area contributed by atoms with Crippen molar-refractivity contribution >= 4 is 33.3 Å². The topological polar surface area (TPSA) is 86.6 Å². The van der Waals surface area contributed by atoms with E-state index in [9.17, 15) is 0 Å². The van der Waals surface area contributed by atoms with Crippen LogP contribution in [0.3, 0.4) is 0 Å². The number of nitrogens with two attached hydrogens (primary N) is 1. The molecule has 2 heterocycles. The van der Waals surface area contributed by atoms with Crippen LogP contribution < -0.4 is 10.6 Å². The van der Waals surface area contributed by atoms with E-state index in [-0.39, 0.29) is 0 Å². The van der Waals surface area contributed by atoms with E-state index in [2.05, 4.69) is 51.0 Å². The first-order valence-electron chi connectivity index (χ1n) is 8.19. The van der Waals surface area contributed by atoms with Gasteiger partial charge in [-0.15, -0.1) is 0 Å². The highest BCUT2D eigenvalue weighted by molar-refractivity contribution is 6.01. The predicted molar refractivity (Wildman–Crippen MR) is 99.2 cm³/mol. The van der Waals surface area contributed by atoms with Gasteiger partial charge in [0.2, 0.25) is 0 Å². The fourth-order valence-corrected chi connectivity index (χ4v) is 3.17. The highest BCUT2D eigenvalue weighted by Crippen LogP contribution is 2.31. The summed E-state index contributed by atoms with van der Waals surface area (Å²) in [6.07, 6.45) is 0. The highest BCUT2D eigenvalue weighted by Gasteiger charge is 2.15. The molecule has 0 saturated carbocycles. The minimum Gasteiger partial charge on any atom is -0.398 e. The van der Waals surface area contributed by atoms with Crippen LogP contribution in [0.4, 0.5) is 11.4 Å². The average Bonchev–Trinajstić information content (AvgIpc) is 3.19. The van der Waals surface area contributed by atoms with Crippen LogP contribution in [0.25, 0.3) is 33.5 Å². The van der Waals surface area contributed by atoms with Crippen molar-refractivity contribution in [2.45, 2.75) is 13.8 Å². The number of hydrogen-bond acceptors (Lipinski definition) is 4. The summed E-state index contributed by atoms with van der Waals surface area (Å²) >= 11 is 0. The lowest BCUT2D eigenvalue weighted by atomic mass is 10.1. The molecule has 4 rings (SSSR count). The molecule has 0 saturated heterocycles. The molecule has 122 valence electrons. The van der Waals surface area contributed by atoms with Crippen LogP contribution in [0.15, 0.2) is 36.4 Å². The summed E-state index contributed by atoms with van der Waals surface area (Å²) in [4.78, 5) is 10.4. The minimum absolute atomic E-state index is 0.695. The Kier molecular flexibility index (Phi) is 3.37. The molecule has 0 atom stereocenters. The van der Waals surface area contributed by atoms with Crippen molar-refractivity contribution < 1.29 is 0 Å². The van der Waals surface area contributed by atoms with E-state index in [1.54, 1.807) is 0 Å². The lowest BCUT2D eigenvalue weighted by Gasteiger charge is -2.20. The molecule has 0 aliphatic heterocycles. The molecule has 0 fully saturated rings. The van der Waals surface area contributed by atoms with Crippen molar-refractivity contribution in [3.8, 4) is 11.5 Å². The third-order valence-corrected chi connectivity index (χ3v) is 4.44. The van der Waals surface area contributed by atoms with Gasteiger partial charge in [-0.3, -0.25) is 5.10 Å². The number of hydrogen-bond donors (Lipinski definition) is 3. The second-order valence-electron chi connectivity index (χ2n) is 5.80. The summed E-state index contributed by atoms with van der Waals surface area (Å²) in [5, 5.41) is 8.33. The molecule has 0 amide bonds. The third-order valence-electron chi connectivity index (χ3n) is 4.44. The number of anilines is 2. The number of nitrogens with one attached hydrogen (secondary N) is 2. The standard InChI is InChI=1S/C18H20N6/c1-3-24(4-2)11-8-9-13-15(10-11)21-18(20-13)17-16-12(19)6-5-7-14(16)22-23-17/h5-10H,3-4,19H2,1-2H3,(H,20,21)(H,22,23). The molecule has 0 bridgehead atoms. The van der Waals surface area contributed by atoms with Crippen LogP contribution in [0.2, 0.25) is 0 Å². The van der Waals surface area contributed by atoms with Gasteiger partial charge in [-0.1, -0.05) is 6.07 Å². The van der Waals surface area contributed by atoms with Crippen molar-refractivity contribution in [3.05, 3.63) is 36.4 Å². The smallest absolute Gasteiger partial charge is 0.159 e. The van der Waals surface area contributed by atoms with E-state index in [1.807, 2.05) is 24.3 Å². The maximum Gasteiger partial charge on any atom is 0.159 e. The Labute approximate surface area is 139 Å². The first-order valence-corrected chi connectivity index (χ1v) is 8.19. The number of aromatic amines is 2. The number of aromatic nitrogens is 4. The molecule has 2 aromatic heterocycles. The first-order chi connectivity index (χ1) is 11.7. The van der Waals surface area contributed by atoms with Crippen LogP contribution in [0, 0.1) is 0 Å². The van der Waals surface area contributed by atoms with E-state index in [0.29, 0.717) is 5.69 Å². The number of H-pyrrole nitrogens is 2. The van der Waals surface area contributed by atoms with Crippen LogP contribution in [0.1, 0.15) is 13.8 Å². The van der Waals surface area contributed by atoms with E-state index < -0.39 is 0 Å². The number of fused-ring (bicyclic) bond motifs is 2. The number of imidazole rings is 1. The van der Waals surface area contributed by atoms with Gasteiger partial charge >= 0.3 is 0 Å². The molecule has 24 heavy (non-hydrogen) atoms. The summed E-state index contributed by atoms with van der Waals surface area (Å²) in [6.45, 7) is 6.27. The van der Waals surface area contributed by atoms with Crippen molar-refractivity contribution in [1.82, 2.24) is 20.2 Å². The third kappa shape index (κ3) is 2.19. The van der Waals surface area contributed by atoms with Gasteiger partial charge in [0.1, 0.15) is 5.69 Å². The lowest BCUT2D eigenvalue weighted by molar-refractivity contribution is 0.867. The minimum atomic E-state index is 0.695. The van der Waals surface area contributed by atoms with Gasteiger partial charge in [-0.25, -0.2) is 4.98 Å². The van der Waals surface area contributed by atoms with Gasteiger partial charge < -0.3 is 15.6 Å². The van der Waals surface area contributed by atoms with Gasteiger partial charge in [-0.05, 0) is 44.2 Å². The molecule has 0 radical (unpaired) electrons. The summed E-state index contributed by atoms with van der Waals surface area (Å²) in [6, 6.07) is 12.0. The molecule has 4 N–H and O–H groups in total. The van der Waals surface area contributed by atoms with Gasteiger partial charge in [0.05, 0.1) is 21.9 Å². The van der Waals surface area contributed by atoms with Gasteiger partial charge in [0, 0.05) is 24.5 Å². The van der Waals surface area contributed by atoms with Gasteiger partial charge in [-0.2, -0.15) is 5.10 Å². The summed E-state index contributed by atoms with van der Waals surface area (Å²) in [5.41, 5.74) is 11.6. The Hall–Kier alpha value is -3.02. The van der Waals surface area contributed by atoms with E-state index in [1.165, 1.54) is 5.69 Å². The number of benzene rings is 2. The Morgan fingerprint density at radius 2 is 1.92 bits per heavy atom. The molecule has 6 nitrogen and oxygen atoms in total. The SMILES string of the molecule is CCN(CC)c1ccc2nc(-c3n[nH]c4cccc(N)c34)[nH]c2c1. The van der Waals surface area contributed by atoms with Gasteiger partial charge in [0.25, 0.3) is 0 Å². The molecule has 2 aromatic carbocycles. The summed E-state index contributed by atoms with van der Waals surface area (Å²) < 4.78 is 0. The first kappa shape index (κ1) is 14.6. The van der Waals surface area contributed by atoms with Crippen LogP contribution in [-0.4, -0.2) is 33.3 Å². The quantitative estimate of drug-likeness (QED) is 0.502. The average molecular weight is 320 g/mol. The Bertz CT molecular complexity index is 1010. The van der Waals surface area contributed by atoms with Crippen molar-refractivity contribution in [2.75, 3.05) is 23.7 Å². The maximum absolute atomic E-state index is 6.12. The molecule has 0 unspecified atom stereocenters. The zero-order valence-corrected chi connectivity index (χ0v) is 13.8. The fourth-order valence-electron chi connectivity index (χ4n) is 3.17. The molecular formula is C18H20N6. The summed E-state index contributed by atoms with van der Waals surface area (Å²) in [7, 11) is 0. The molecule has 4 aromatic rings. The van der Waals surface area contributed by atoms with Crippen LogP contribution in [-0.2, 0) is 0 Å². The second kappa shape index (κ2) is 5.56. The lowest BCUT2D eigenvalue weighted by Crippen LogP contribution is -2.21.